The fourth-order valence-corrected chi connectivity index (χ4v) is 2.80. The number of nitrogens with one attached hydrogen (secondary N) is 1. The molecule has 0 aromatic heterocycles. The SMILES string of the molecule is CC(C)C1CCCC(NCC(C)S(C)=O)C1. The number of hydrogen-bond acceptors (Lipinski definition) is 2. The van der Waals surface area contributed by atoms with Crippen molar-refractivity contribution in [2.75, 3.05) is 12.8 Å². The van der Waals surface area contributed by atoms with Crippen molar-refractivity contribution in [3.63, 3.8) is 0 Å². The van der Waals surface area contributed by atoms with E-state index in [0.717, 1.165) is 18.4 Å². The fourth-order valence-electron chi connectivity index (χ4n) is 2.47. The summed E-state index contributed by atoms with van der Waals surface area (Å²) in [6.07, 6.45) is 7.15. The van der Waals surface area contributed by atoms with E-state index in [1.807, 2.05) is 0 Å². The van der Waals surface area contributed by atoms with Crippen LogP contribution in [0.25, 0.3) is 0 Å². The van der Waals surface area contributed by atoms with Gasteiger partial charge in [-0.05, 0) is 31.6 Å². The van der Waals surface area contributed by atoms with Crippen LogP contribution in [0.4, 0.5) is 0 Å². The lowest BCUT2D eigenvalue weighted by Crippen LogP contribution is -2.39. The standard InChI is InChI=1S/C13H27NOS/c1-10(2)12-6-5-7-13(8-12)14-9-11(3)16(4)15/h10-14H,5-9H2,1-4H3. The van der Waals surface area contributed by atoms with Gasteiger partial charge in [0.05, 0.1) is 0 Å². The molecule has 1 aliphatic carbocycles. The summed E-state index contributed by atoms with van der Waals surface area (Å²) in [4.78, 5) is 0. The summed E-state index contributed by atoms with van der Waals surface area (Å²) in [7, 11) is -0.695. The van der Waals surface area contributed by atoms with Crippen molar-refractivity contribution >= 4 is 10.8 Å². The highest BCUT2D eigenvalue weighted by Gasteiger charge is 2.24. The predicted octanol–water partition coefficient (Wildman–Crippen LogP) is 2.56. The van der Waals surface area contributed by atoms with Crippen molar-refractivity contribution < 1.29 is 4.21 Å². The zero-order chi connectivity index (χ0) is 12.1. The van der Waals surface area contributed by atoms with Crippen molar-refractivity contribution in [2.24, 2.45) is 11.8 Å². The van der Waals surface area contributed by atoms with Gasteiger partial charge in [-0.15, -0.1) is 0 Å². The molecule has 1 rings (SSSR count). The molecule has 1 N–H and O–H groups in total. The summed E-state index contributed by atoms with van der Waals surface area (Å²) in [6.45, 7) is 7.62. The van der Waals surface area contributed by atoms with Crippen LogP contribution in [0.5, 0.6) is 0 Å². The minimum absolute atomic E-state index is 0.277. The molecule has 4 atom stereocenters. The monoisotopic (exact) mass is 245 g/mol. The van der Waals surface area contributed by atoms with Gasteiger partial charge in [-0.3, -0.25) is 4.21 Å². The molecule has 0 heterocycles. The smallest absolute Gasteiger partial charge is 0.0441 e. The third-order valence-electron chi connectivity index (χ3n) is 3.92. The molecule has 0 bridgehead atoms. The summed E-state index contributed by atoms with van der Waals surface area (Å²) in [5.41, 5.74) is 0. The zero-order valence-electron chi connectivity index (χ0n) is 11.2. The molecule has 1 aliphatic rings. The van der Waals surface area contributed by atoms with Gasteiger partial charge in [-0.25, -0.2) is 0 Å². The van der Waals surface area contributed by atoms with Gasteiger partial charge in [0.15, 0.2) is 0 Å². The van der Waals surface area contributed by atoms with Gasteiger partial charge in [0, 0.05) is 34.9 Å². The van der Waals surface area contributed by atoms with Crippen LogP contribution in [0.3, 0.4) is 0 Å². The molecule has 4 unspecified atom stereocenters. The van der Waals surface area contributed by atoms with Crippen LogP contribution in [0, 0.1) is 11.8 Å². The van der Waals surface area contributed by atoms with Gasteiger partial charge in [0.2, 0.25) is 0 Å². The van der Waals surface area contributed by atoms with Crippen LogP contribution in [-0.4, -0.2) is 28.3 Å². The van der Waals surface area contributed by atoms with Gasteiger partial charge in [0.25, 0.3) is 0 Å². The average molecular weight is 245 g/mol. The first-order valence-corrected chi connectivity index (χ1v) is 8.18. The lowest BCUT2D eigenvalue weighted by atomic mass is 9.79. The van der Waals surface area contributed by atoms with E-state index in [-0.39, 0.29) is 5.25 Å². The molecule has 0 aliphatic heterocycles. The minimum atomic E-state index is -0.695. The topological polar surface area (TPSA) is 29.1 Å². The third kappa shape index (κ3) is 4.54. The first-order valence-electron chi connectivity index (χ1n) is 6.56. The van der Waals surface area contributed by atoms with Crippen LogP contribution < -0.4 is 5.32 Å². The lowest BCUT2D eigenvalue weighted by Gasteiger charge is -2.32. The van der Waals surface area contributed by atoms with E-state index >= 15 is 0 Å². The molecule has 1 fully saturated rings. The summed E-state index contributed by atoms with van der Waals surface area (Å²) < 4.78 is 11.3. The summed E-state index contributed by atoms with van der Waals surface area (Å²) in [6, 6.07) is 0.659. The van der Waals surface area contributed by atoms with Gasteiger partial charge in [-0.2, -0.15) is 0 Å². The molecule has 0 saturated heterocycles. The predicted molar refractivity (Wildman–Crippen MR) is 72.1 cm³/mol. The maximum absolute atomic E-state index is 11.3. The Hall–Kier alpha value is 0.110. The van der Waals surface area contributed by atoms with Crippen LogP contribution in [0.2, 0.25) is 0 Å². The molecule has 0 radical (unpaired) electrons. The maximum Gasteiger partial charge on any atom is 0.0441 e. The first-order chi connectivity index (χ1) is 7.50. The van der Waals surface area contributed by atoms with E-state index < -0.39 is 10.8 Å². The Morgan fingerprint density at radius 1 is 1.31 bits per heavy atom. The van der Waals surface area contributed by atoms with Gasteiger partial charge >= 0.3 is 0 Å². The van der Waals surface area contributed by atoms with E-state index in [9.17, 15) is 4.21 Å². The quantitative estimate of drug-likeness (QED) is 0.806. The Kier molecular flexibility index (Phi) is 5.98. The molecule has 0 aromatic rings. The third-order valence-corrected chi connectivity index (χ3v) is 5.22. The Morgan fingerprint density at radius 2 is 2.00 bits per heavy atom. The van der Waals surface area contributed by atoms with Crippen molar-refractivity contribution in [1.82, 2.24) is 5.32 Å². The first kappa shape index (κ1) is 14.2. The molecular formula is C13H27NOS. The van der Waals surface area contributed by atoms with Crippen molar-refractivity contribution in [1.29, 1.82) is 0 Å². The summed E-state index contributed by atoms with van der Waals surface area (Å²) >= 11 is 0. The second-order valence-corrected chi connectivity index (χ2v) is 7.39. The van der Waals surface area contributed by atoms with Crippen LogP contribution in [-0.2, 0) is 10.8 Å². The molecule has 0 aromatic carbocycles. The Morgan fingerprint density at radius 3 is 2.56 bits per heavy atom. The molecule has 16 heavy (non-hydrogen) atoms. The molecule has 96 valence electrons. The van der Waals surface area contributed by atoms with E-state index in [0.29, 0.717) is 6.04 Å². The zero-order valence-corrected chi connectivity index (χ0v) is 12.0. The highest BCUT2D eigenvalue weighted by Crippen LogP contribution is 2.29. The van der Waals surface area contributed by atoms with Crippen LogP contribution in [0.1, 0.15) is 46.5 Å². The van der Waals surface area contributed by atoms with Crippen LogP contribution in [0.15, 0.2) is 0 Å². The minimum Gasteiger partial charge on any atom is -0.313 e. The van der Waals surface area contributed by atoms with Crippen molar-refractivity contribution in [3.05, 3.63) is 0 Å². The normalized spacial score (nSPS) is 30.3. The Bertz CT molecular complexity index is 230. The Balaban J connectivity index is 2.29. The second-order valence-electron chi connectivity index (χ2n) is 5.59. The van der Waals surface area contributed by atoms with Crippen molar-refractivity contribution in [3.8, 4) is 0 Å². The summed E-state index contributed by atoms with van der Waals surface area (Å²) in [5.74, 6) is 1.69. The van der Waals surface area contributed by atoms with E-state index in [4.69, 9.17) is 0 Å². The molecular weight excluding hydrogens is 218 g/mol. The van der Waals surface area contributed by atoms with Crippen LogP contribution >= 0.6 is 0 Å². The van der Waals surface area contributed by atoms with Gasteiger partial charge < -0.3 is 5.32 Å². The largest absolute Gasteiger partial charge is 0.313 e. The van der Waals surface area contributed by atoms with Crippen molar-refractivity contribution in [2.45, 2.75) is 57.7 Å². The fraction of sp³-hybridized carbons (Fsp3) is 1.00. The molecule has 0 spiro atoms. The number of hydrogen-bond donors (Lipinski definition) is 1. The molecule has 0 amide bonds. The molecule has 1 saturated carbocycles. The van der Waals surface area contributed by atoms with Gasteiger partial charge in [0.1, 0.15) is 0 Å². The maximum atomic E-state index is 11.3. The highest BCUT2D eigenvalue weighted by atomic mass is 32.2. The molecule has 2 nitrogen and oxygen atoms in total. The van der Waals surface area contributed by atoms with Gasteiger partial charge in [-0.1, -0.05) is 26.7 Å². The number of rotatable bonds is 5. The van der Waals surface area contributed by atoms with E-state index in [1.165, 1.54) is 25.7 Å². The lowest BCUT2D eigenvalue weighted by molar-refractivity contribution is 0.232. The van der Waals surface area contributed by atoms with E-state index in [2.05, 4.69) is 26.1 Å². The molecule has 3 heteroatoms. The average Bonchev–Trinajstić information content (AvgIpc) is 2.26. The van der Waals surface area contributed by atoms with E-state index in [1.54, 1.807) is 6.26 Å². The second kappa shape index (κ2) is 6.75. The Labute approximate surface area is 103 Å². The highest BCUT2D eigenvalue weighted by molar-refractivity contribution is 7.84. The summed E-state index contributed by atoms with van der Waals surface area (Å²) in [5, 5.41) is 3.87.